The highest BCUT2D eigenvalue weighted by molar-refractivity contribution is 5.50. The van der Waals surface area contributed by atoms with Crippen LogP contribution in [0.4, 0.5) is 18.9 Å². The third kappa shape index (κ3) is 4.54. The van der Waals surface area contributed by atoms with Crippen molar-refractivity contribution in [1.29, 1.82) is 0 Å². The molecular formula is C25H25F3N2O. The predicted molar refractivity (Wildman–Crippen MR) is 116 cm³/mol. The van der Waals surface area contributed by atoms with Gasteiger partial charge in [0.05, 0.1) is 5.69 Å². The molecule has 0 spiro atoms. The van der Waals surface area contributed by atoms with Crippen LogP contribution in [0.3, 0.4) is 0 Å². The number of rotatable bonds is 5. The lowest BCUT2D eigenvalue weighted by Gasteiger charge is -2.40. The summed E-state index contributed by atoms with van der Waals surface area (Å²) in [5.74, 6) is -1.47. The van der Waals surface area contributed by atoms with Gasteiger partial charge in [0.15, 0.2) is 11.6 Å². The molecule has 0 saturated carbocycles. The lowest BCUT2D eigenvalue weighted by Crippen LogP contribution is -2.42. The molecule has 0 aliphatic carbocycles. The SMILES string of the molecule is Cc1cc(F)c(N)cc1C1(Cc2ccc(Oc3ccc(F)c(F)c3)cc2)CCNCC1. The Hall–Kier alpha value is -2.99. The first-order valence-electron chi connectivity index (χ1n) is 10.3. The molecule has 3 N–H and O–H groups in total. The number of hydrogen-bond donors (Lipinski definition) is 2. The van der Waals surface area contributed by atoms with Crippen molar-refractivity contribution in [1.82, 2.24) is 5.32 Å². The maximum Gasteiger partial charge on any atom is 0.162 e. The van der Waals surface area contributed by atoms with Crippen LogP contribution in [-0.4, -0.2) is 13.1 Å². The van der Waals surface area contributed by atoms with Crippen LogP contribution in [0.15, 0.2) is 54.6 Å². The molecule has 1 aliphatic heterocycles. The van der Waals surface area contributed by atoms with Crippen molar-refractivity contribution in [2.45, 2.75) is 31.6 Å². The zero-order chi connectivity index (χ0) is 22.0. The van der Waals surface area contributed by atoms with E-state index in [1.807, 2.05) is 31.2 Å². The molecule has 1 fully saturated rings. The zero-order valence-corrected chi connectivity index (χ0v) is 17.4. The number of ether oxygens (including phenoxy) is 1. The number of halogens is 3. The van der Waals surface area contributed by atoms with Crippen molar-refractivity contribution in [3.8, 4) is 11.5 Å². The third-order valence-electron chi connectivity index (χ3n) is 6.07. The number of anilines is 1. The van der Waals surface area contributed by atoms with Gasteiger partial charge < -0.3 is 15.8 Å². The number of nitrogen functional groups attached to an aromatic ring is 1. The average Bonchev–Trinajstić information content (AvgIpc) is 2.75. The first kappa shape index (κ1) is 21.2. The van der Waals surface area contributed by atoms with Crippen LogP contribution in [0.1, 0.15) is 29.5 Å². The van der Waals surface area contributed by atoms with E-state index >= 15 is 0 Å². The van der Waals surface area contributed by atoms with Crippen molar-refractivity contribution >= 4 is 5.69 Å². The van der Waals surface area contributed by atoms with Gasteiger partial charge in [0, 0.05) is 11.5 Å². The van der Waals surface area contributed by atoms with Gasteiger partial charge in [-0.2, -0.15) is 0 Å². The Morgan fingerprint density at radius 2 is 1.55 bits per heavy atom. The highest BCUT2D eigenvalue weighted by atomic mass is 19.2. The van der Waals surface area contributed by atoms with Crippen LogP contribution >= 0.6 is 0 Å². The fourth-order valence-electron chi connectivity index (χ4n) is 4.45. The average molecular weight is 426 g/mol. The van der Waals surface area contributed by atoms with Gasteiger partial charge in [0.25, 0.3) is 0 Å². The van der Waals surface area contributed by atoms with E-state index in [1.165, 1.54) is 12.1 Å². The van der Waals surface area contributed by atoms with E-state index in [4.69, 9.17) is 10.5 Å². The van der Waals surface area contributed by atoms with Gasteiger partial charge in [-0.05, 0) is 92.4 Å². The molecule has 0 aromatic heterocycles. The van der Waals surface area contributed by atoms with Crippen LogP contribution in [0, 0.1) is 24.4 Å². The Bertz CT molecular complexity index is 1080. The molecule has 31 heavy (non-hydrogen) atoms. The summed E-state index contributed by atoms with van der Waals surface area (Å²) in [6, 6.07) is 14.3. The van der Waals surface area contributed by atoms with Gasteiger partial charge in [0.1, 0.15) is 17.3 Å². The number of hydrogen-bond acceptors (Lipinski definition) is 3. The van der Waals surface area contributed by atoms with Gasteiger partial charge in [0.2, 0.25) is 0 Å². The number of nitrogens with two attached hydrogens (primary N) is 1. The minimum Gasteiger partial charge on any atom is -0.457 e. The number of benzene rings is 3. The smallest absolute Gasteiger partial charge is 0.162 e. The van der Waals surface area contributed by atoms with Crippen molar-refractivity contribution in [2.24, 2.45) is 0 Å². The molecule has 4 rings (SSSR count). The van der Waals surface area contributed by atoms with Gasteiger partial charge in [-0.3, -0.25) is 0 Å². The second kappa shape index (κ2) is 8.63. The number of aryl methyl sites for hydroxylation is 1. The van der Waals surface area contributed by atoms with Crippen LogP contribution in [0.25, 0.3) is 0 Å². The number of nitrogens with one attached hydrogen (secondary N) is 1. The summed E-state index contributed by atoms with van der Waals surface area (Å²) in [6.45, 7) is 3.70. The number of piperidine rings is 1. The molecule has 0 unspecified atom stereocenters. The minimum absolute atomic E-state index is 0.139. The largest absolute Gasteiger partial charge is 0.457 e. The Morgan fingerprint density at radius 3 is 2.23 bits per heavy atom. The Morgan fingerprint density at radius 1 is 0.871 bits per heavy atom. The summed E-state index contributed by atoms with van der Waals surface area (Å²) in [5.41, 5.74) is 9.05. The van der Waals surface area contributed by atoms with E-state index in [0.29, 0.717) is 5.75 Å². The summed E-state index contributed by atoms with van der Waals surface area (Å²) in [6.07, 6.45) is 2.63. The first-order chi connectivity index (χ1) is 14.9. The topological polar surface area (TPSA) is 47.3 Å². The highest BCUT2D eigenvalue weighted by Gasteiger charge is 2.35. The molecule has 0 bridgehead atoms. The molecule has 1 saturated heterocycles. The van der Waals surface area contributed by atoms with Gasteiger partial charge in [-0.1, -0.05) is 12.1 Å². The second-order valence-electron chi connectivity index (χ2n) is 8.22. The zero-order valence-electron chi connectivity index (χ0n) is 17.4. The molecule has 1 aliphatic rings. The van der Waals surface area contributed by atoms with Gasteiger partial charge >= 0.3 is 0 Å². The van der Waals surface area contributed by atoms with Crippen molar-refractivity contribution < 1.29 is 17.9 Å². The Kier molecular flexibility index (Phi) is 5.92. The Balaban J connectivity index is 1.58. The van der Waals surface area contributed by atoms with Crippen LogP contribution < -0.4 is 15.8 Å². The second-order valence-corrected chi connectivity index (χ2v) is 8.22. The summed E-state index contributed by atoms with van der Waals surface area (Å²) in [4.78, 5) is 0. The van der Waals surface area contributed by atoms with E-state index in [-0.39, 0.29) is 22.7 Å². The van der Waals surface area contributed by atoms with E-state index in [9.17, 15) is 13.2 Å². The molecular weight excluding hydrogens is 401 g/mol. The molecule has 3 aromatic carbocycles. The van der Waals surface area contributed by atoms with E-state index in [0.717, 1.165) is 61.2 Å². The maximum absolute atomic E-state index is 14.0. The minimum atomic E-state index is -0.948. The quantitative estimate of drug-likeness (QED) is 0.518. The standard InChI is InChI=1S/C25H25F3N2O/c1-16-12-23(28)24(29)14-20(16)25(8-10-30-11-9-25)15-17-2-4-18(5-3-17)31-19-6-7-21(26)22(27)13-19/h2-7,12-14,30H,8-11,15,29H2,1H3. The van der Waals surface area contributed by atoms with Crippen molar-refractivity contribution in [2.75, 3.05) is 18.8 Å². The van der Waals surface area contributed by atoms with Crippen LogP contribution in [0.2, 0.25) is 0 Å². The Labute approximate surface area is 180 Å². The molecule has 0 amide bonds. The van der Waals surface area contributed by atoms with Crippen molar-refractivity contribution in [3.63, 3.8) is 0 Å². The third-order valence-corrected chi connectivity index (χ3v) is 6.07. The highest BCUT2D eigenvalue weighted by Crippen LogP contribution is 2.40. The van der Waals surface area contributed by atoms with Gasteiger partial charge in [-0.25, -0.2) is 13.2 Å². The molecule has 6 heteroatoms. The van der Waals surface area contributed by atoms with E-state index in [1.54, 1.807) is 6.07 Å². The molecule has 3 aromatic rings. The molecule has 3 nitrogen and oxygen atoms in total. The van der Waals surface area contributed by atoms with Crippen molar-refractivity contribution in [3.05, 3.63) is 88.7 Å². The summed E-state index contributed by atoms with van der Waals surface area (Å²) < 4.78 is 46.1. The summed E-state index contributed by atoms with van der Waals surface area (Å²) >= 11 is 0. The molecule has 0 radical (unpaired) electrons. The van der Waals surface area contributed by atoms with Gasteiger partial charge in [-0.15, -0.1) is 0 Å². The summed E-state index contributed by atoms with van der Waals surface area (Å²) in [7, 11) is 0. The van der Waals surface area contributed by atoms with E-state index in [2.05, 4.69) is 5.32 Å². The van der Waals surface area contributed by atoms with Crippen LogP contribution in [-0.2, 0) is 11.8 Å². The van der Waals surface area contributed by atoms with Crippen LogP contribution in [0.5, 0.6) is 11.5 Å². The first-order valence-corrected chi connectivity index (χ1v) is 10.3. The molecule has 162 valence electrons. The van der Waals surface area contributed by atoms with E-state index < -0.39 is 11.6 Å². The maximum atomic E-state index is 14.0. The fraction of sp³-hybridized carbons (Fsp3) is 0.280. The normalized spacial score (nSPS) is 15.6. The monoisotopic (exact) mass is 426 g/mol. The predicted octanol–water partition coefficient (Wildman–Crippen LogP) is 5.65. The molecule has 1 heterocycles. The summed E-state index contributed by atoms with van der Waals surface area (Å²) in [5, 5.41) is 3.40. The lowest BCUT2D eigenvalue weighted by molar-refractivity contribution is 0.303. The molecule has 0 atom stereocenters. The lowest BCUT2D eigenvalue weighted by atomic mass is 9.68. The fourth-order valence-corrected chi connectivity index (χ4v) is 4.45.